The van der Waals surface area contributed by atoms with E-state index in [-0.39, 0.29) is 23.9 Å². The molecule has 2 N–H and O–H groups in total. The van der Waals surface area contributed by atoms with E-state index in [2.05, 4.69) is 15.6 Å². The van der Waals surface area contributed by atoms with Crippen LogP contribution < -0.4 is 20.3 Å². The van der Waals surface area contributed by atoms with Crippen LogP contribution in [-0.4, -0.2) is 53.5 Å². The number of thiophene rings is 1. The first-order chi connectivity index (χ1) is 20.9. The number of nitrogens with one attached hydrogen (secondary N) is 2. The quantitative estimate of drug-likeness (QED) is 0.181. The van der Waals surface area contributed by atoms with Gasteiger partial charge in [0.2, 0.25) is 5.91 Å². The van der Waals surface area contributed by atoms with E-state index in [4.69, 9.17) is 9.47 Å². The van der Waals surface area contributed by atoms with Crippen molar-refractivity contribution in [2.24, 2.45) is 0 Å². The predicted molar refractivity (Wildman–Crippen MR) is 166 cm³/mol. The summed E-state index contributed by atoms with van der Waals surface area (Å²) < 4.78 is 11.1. The lowest BCUT2D eigenvalue weighted by molar-refractivity contribution is -0.127. The number of anilines is 3. The number of carbonyl (C=O) groups excluding carboxylic acids is 3. The molecule has 2 aromatic heterocycles. The lowest BCUT2D eigenvalue weighted by atomic mass is 10.1. The van der Waals surface area contributed by atoms with Gasteiger partial charge in [-0.15, -0.1) is 11.3 Å². The van der Waals surface area contributed by atoms with Gasteiger partial charge in [-0.3, -0.25) is 14.5 Å². The van der Waals surface area contributed by atoms with E-state index in [0.29, 0.717) is 57.6 Å². The molecular weight excluding hydrogens is 566 g/mol. The van der Waals surface area contributed by atoms with Crippen LogP contribution in [0.2, 0.25) is 0 Å². The van der Waals surface area contributed by atoms with Gasteiger partial charge in [-0.05, 0) is 68.7 Å². The van der Waals surface area contributed by atoms with Crippen molar-refractivity contribution in [3.8, 4) is 11.5 Å². The molecule has 4 heterocycles. The van der Waals surface area contributed by atoms with Gasteiger partial charge in [-0.1, -0.05) is 18.2 Å². The Morgan fingerprint density at radius 1 is 1.14 bits per heavy atom. The number of carbonyl (C=O) groups is 3. The van der Waals surface area contributed by atoms with Crippen molar-refractivity contribution in [2.45, 2.75) is 32.7 Å². The Balaban J connectivity index is 1.24. The fourth-order valence-corrected chi connectivity index (χ4v) is 6.43. The third-order valence-corrected chi connectivity index (χ3v) is 8.48. The molecule has 6 rings (SSSR count). The summed E-state index contributed by atoms with van der Waals surface area (Å²) in [7, 11) is 0. The van der Waals surface area contributed by atoms with Gasteiger partial charge in [0.25, 0.3) is 5.91 Å². The molecular formula is C32H31N5O5S. The van der Waals surface area contributed by atoms with Crippen LogP contribution >= 0.6 is 11.3 Å². The van der Waals surface area contributed by atoms with Gasteiger partial charge < -0.3 is 25.0 Å². The number of hydrogen-bond donors (Lipinski definition) is 2. The third kappa shape index (κ3) is 5.76. The molecule has 4 aromatic rings. The van der Waals surface area contributed by atoms with Crippen molar-refractivity contribution in [1.82, 2.24) is 15.2 Å². The predicted octanol–water partition coefficient (Wildman–Crippen LogP) is 6.35. The summed E-state index contributed by atoms with van der Waals surface area (Å²) in [6, 6.07) is 16.3. The molecule has 0 radical (unpaired) electrons. The normalized spacial score (nSPS) is 16.3. The summed E-state index contributed by atoms with van der Waals surface area (Å²) >= 11 is 1.23. The van der Waals surface area contributed by atoms with Crippen LogP contribution in [0.15, 0.2) is 73.1 Å². The molecule has 1 atom stereocenters. The topological polar surface area (TPSA) is 113 Å². The minimum Gasteiger partial charge on any atom is -0.501 e. The number of para-hydroxylation sites is 1. The molecule has 220 valence electrons. The monoisotopic (exact) mass is 597 g/mol. The van der Waals surface area contributed by atoms with Crippen LogP contribution in [0, 0.1) is 6.92 Å². The van der Waals surface area contributed by atoms with E-state index in [1.165, 1.54) is 23.7 Å². The van der Waals surface area contributed by atoms with E-state index < -0.39 is 0 Å². The van der Waals surface area contributed by atoms with Crippen molar-refractivity contribution in [1.29, 1.82) is 0 Å². The molecule has 10 nitrogen and oxygen atoms in total. The maximum atomic E-state index is 13.6. The Hall–Kier alpha value is -4.90. The number of aryl methyl sites for hydroxylation is 1. The number of likely N-dealkylation sites (tertiary alicyclic amines) is 1. The van der Waals surface area contributed by atoms with Crippen LogP contribution in [0.25, 0.3) is 10.2 Å². The maximum absolute atomic E-state index is 13.6. The van der Waals surface area contributed by atoms with Crippen molar-refractivity contribution in [2.75, 3.05) is 29.9 Å². The highest BCUT2D eigenvalue weighted by atomic mass is 32.1. The number of aromatic nitrogens is 1. The molecule has 0 unspecified atom stereocenters. The highest BCUT2D eigenvalue weighted by Crippen LogP contribution is 2.46. The number of ether oxygens (including phenoxy) is 2. The van der Waals surface area contributed by atoms with Gasteiger partial charge in [-0.25, -0.2) is 9.78 Å². The molecule has 0 bridgehead atoms. The van der Waals surface area contributed by atoms with E-state index >= 15 is 0 Å². The zero-order valence-corrected chi connectivity index (χ0v) is 24.6. The van der Waals surface area contributed by atoms with Gasteiger partial charge >= 0.3 is 6.03 Å². The summed E-state index contributed by atoms with van der Waals surface area (Å²) in [6.07, 6.45) is 5.97. The lowest BCUT2D eigenvalue weighted by Gasteiger charge is -2.32. The van der Waals surface area contributed by atoms with Crippen molar-refractivity contribution in [3.63, 3.8) is 0 Å². The zero-order valence-electron chi connectivity index (χ0n) is 23.8. The first-order valence-electron chi connectivity index (χ1n) is 14.2. The molecule has 43 heavy (non-hydrogen) atoms. The van der Waals surface area contributed by atoms with E-state index in [1.807, 2.05) is 62.4 Å². The number of piperidine rings is 1. The molecule has 0 spiro atoms. The van der Waals surface area contributed by atoms with Crippen LogP contribution in [0.4, 0.5) is 21.9 Å². The second-order valence-electron chi connectivity index (χ2n) is 10.3. The molecule has 11 heteroatoms. The molecule has 1 fully saturated rings. The fourth-order valence-electron chi connectivity index (χ4n) is 5.40. The summed E-state index contributed by atoms with van der Waals surface area (Å²) in [5.41, 5.74) is 2.64. The van der Waals surface area contributed by atoms with Crippen molar-refractivity contribution in [3.05, 3.63) is 83.6 Å². The number of urea groups is 1. The first kappa shape index (κ1) is 28.2. The summed E-state index contributed by atoms with van der Waals surface area (Å²) in [5.74, 6) is 0.926. The molecule has 2 aromatic carbocycles. The third-order valence-electron chi connectivity index (χ3n) is 7.38. The fraction of sp³-hybridized carbons (Fsp3) is 0.250. The average Bonchev–Trinajstić information content (AvgIpc) is 3.38. The molecule has 4 amide bonds. The highest BCUT2D eigenvalue weighted by molar-refractivity contribution is 7.21. The maximum Gasteiger partial charge on any atom is 0.331 e. The van der Waals surface area contributed by atoms with Gasteiger partial charge in [0.1, 0.15) is 21.2 Å². The number of amides is 4. The highest BCUT2D eigenvalue weighted by Gasteiger charge is 2.34. The molecule has 1 saturated heterocycles. The van der Waals surface area contributed by atoms with Crippen molar-refractivity contribution >= 4 is 56.5 Å². The molecule has 2 aliphatic rings. The van der Waals surface area contributed by atoms with Gasteiger partial charge in [0.05, 0.1) is 35.3 Å². The summed E-state index contributed by atoms with van der Waals surface area (Å²) in [4.78, 5) is 48.5. The largest absolute Gasteiger partial charge is 0.501 e. The van der Waals surface area contributed by atoms with Gasteiger partial charge in [-0.2, -0.15) is 0 Å². The zero-order chi connectivity index (χ0) is 29.9. The molecule has 2 aliphatic heterocycles. The van der Waals surface area contributed by atoms with Crippen LogP contribution in [0.1, 0.15) is 35.0 Å². The number of hydrogen-bond acceptors (Lipinski definition) is 7. The van der Waals surface area contributed by atoms with Gasteiger partial charge in [0.15, 0.2) is 0 Å². The SMILES string of the molecule is CCO/C=C/C(=O)N1CCC[C@@H](NC(=O)c2sc3nccc4c3c2NC(=O)N4c2ccc(Oc3ccccc3)cc2C)C1. The van der Waals surface area contributed by atoms with Crippen molar-refractivity contribution < 1.29 is 23.9 Å². The van der Waals surface area contributed by atoms with Gasteiger partial charge in [0, 0.05) is 31.4 Å². The van der Waals surface area contributed by atoms with E-state index in [0.717, 1.165) is 24.2 Å². The summed E-state index contributed by atoms with van der Waals surface area (Å²) in [6.45, 7) is 5.27. The first-order valence-corrected chi connectivity index (χ1v) is 15.0. The Morgan fingerprint density at radius 3 is 2.77 bits per heavy atom. The average molecular weight is 598 g/mol. The molecule has 0 saturated carbocycles. The minimum absolute atomic E-state index is 0.152. The van der Waals surface area contributed by atoms with Crippen LogP contribution in [-0.2, 0) is 9.53 Å². The lowest BCUT2D eigenvalue weighted by Crippen LogP contribution is -2.49. The number of nitrogens with zero attached hydrogens (tertiary/aromatic N) is 3. The summed E-state index contributed by atoms with van der Waals surface area (Å²) in [5, 5.41) is 6.74. The Morgan fingerprint density at radius 2 is 1.98 bits per heavy atom. The number of pyridine rings is 1. The van der Waals surface area contributed by atoms with Crippen LogP contribution in [0.5, 0.6) is 11.5 Å². The second-order valence-corrected chi connectivity index (χ2v) is 11.3. The minimum atomic E-state index is -0.372. The number of benzene rings is 2. The Kier molecular flexibility index (Phi) is 7.97. The molecule has 0 aliphatic carbocycles. The smallest absolute Gasteiger partial charge is 0.331 e. The van der Waals surface area contributed by atoms with E-state index in [1.54, 1.807) is 22.1 Å². The standard InChI is InChI=1S/C32H31N5O5S/c1-3-41-17-14-26(38)36-16-7-8-21(19-36)34-30(39)29-28-27-25(13-15-33-31(27)43-29)37(32(40)35-28)24-12-11-23(18-20(24)2)42-22-9-5-4-6-10-22/h4-6,9-15,17-18,21H,3,7-8,16,19H2,1-2H3,(H,34,39)(H,35,40)/b17-14+/t21-/m1/s1. The van der Waals surface area contributed by atoms with E-state index in [9.17, 15) is 14.4 Å². The van der Waals surface area contributed by atoms with Crippen LogP contribution in [0.3, 0.4) is 0 Å². The second kappa shape index (κ2) is 12.1. The number of rotatable bonds is 8. The Labute approximate surface area is 252 Å². The Bertz CT molecular complexity index is 1720.